The van der Waals surface area contributed by atoms with Gasteiger partial charge in [-0.2, -0.15) is 24.4 Å². The first-order chi connectivity index (χ1) is 17.1. The second-order valence-electron chi connectivity index (χ2n) is 7.82. The number of aromatic nitrogens is 2. The summed E-state index contributed by atoms with van der Waals surface area (Å²) < 4.78 is 0. The third-order valence-corrected chi connectivity index (χ3v) is 5.97. The van der Waals surface area contributed by atoms with Gasteiger partial charge in [-0.05, 0) is 31.3 Å². The summed E-state index contributed by atoms with van der Waals surface area (Å²) in [6.07, 6.45) is 5.80. The van der Waals surface area contributed by atoms with Crippen LogP contribution in [0.1, 0.15) is 25.0 Å². The Morgan fingerprint density at radius 1 is 1.11 bits per heavy atom. The second kappa shape index (κ2) is 16.6. The number of H-pyrrole nitrogens is 1. The van der Waals surface area contributed by atoms with Gasteiger partial charge in [-0.25, -0.2) is 9.78 Å². The minimum Gasteiger partial charge on any atom is -0.480 e. The molecule has 1 heterocycles. The molecule has 0 aromatic carbocycles. The number of nitrogens with one attached hydrogen (secondary N) is 4. The lowest BCUT2D eigenvalue weighted by Gasteiger charge is -2.25. The van der Waals surface area contributed by atoms with E-state index in [0.29, 0.717) is 24.4 Å². The number of aliphatic carboxylic acids is 1. The summed E-state index contributed by atoms with van der Waals surface area (Å²) in [5.41, 5.74) is 17.1. The fourth-order valence-electron chi connectivity index (χ4n) is 2.99. The van der Waals surface area contributed by atoms with Crippen LogP contribution in [0.3, 0.4) is 0 Å². The van der Waals surface area contributed by atoms with E-state index in [1.165, 1.54) is 24.3 Å². The number of guanidine groups is 1. The normalized spacial score (nSPS) is 14.1. The van der Waals surface area contributed by atoms with Crippen LogP contribution in [0.5, 0.6) is 0 Å². The number of imidazole rings is 1. The molecule has 4 atom stereocenters. The maximum atomic E-state index is 13.2. The Balaban J connectivity index is 2.93. The Morgan fingerprint density at radius 3 is 2.31 bits per heavy atom. The number of carboxylic acid groups (broad SMARTS) is 1. The number of aromatic amines is 1. The maximum absolute atomic E-state index is 13.2. The number of hydrogen-bond acceptors (Lipinski definition) is 9. The zero-order valence-electron chi connectivity index (χ0n) is 20.0. The first-order valence-electron chi connectivity index (χ1n) is 11.1. The van der Waals surface area contributed by atoms with Crippen LogP contribution in [-0.4, -0.2) is 93.2 Å². The minimum absolute atomic E-state index is 0.0591. The first-order valence-corrected chi connectivity index (χ1v) is 13.1. The van der Waals surface area contributed by atoms with Crippen molar-refractivity contribution in [3.63, 3.8) is 0 Å². The largest absolute Gasteiger partial charge is 0.480 e. The van der Waals surface area contributed by atoms with Crippen LogP contribution >= 0.6 is 24.4 Å². The highest BCUT2D eigenvalue weighted by Gasteiger charge is 2.30. The highest BCUT2D eigenvalue weighted by molar-refractivity contribution is 7.98. The van der Waals surface area contributed by atoms with Crippen LogP contribution in [0.2, 0.25) is 0 Å². The summed E-state index contributed by atoms with van der Waals surface area (Å²) in [7, 11) is 0. The van der Waals surface area contributed by atoms with Crippen LogP contribution in [0.15, 0.2) is 17.5 Å². The number of thioether (sulfide) groups is 1. The number of rotatable bonds is 17. The zero-order chi connectivity index (χ0) is 27.1. The van der Waals surface area contributed by atoms with E-state index in [2.05, 4.69) is 43.5 Å². The van der Waals surface area contributed by atoms with Gasteiger partial charge in [0.15, 0.2) is 5.96 Å². The molecule has 36 heavy (non-hydrogen) atoms. The molecule has 11 N–H and O–H groups in total. The number of nitrogens with two attached hydrogens (primary N) is 3. The number of carboxylic acids is 1. The van der Waals surface area contributed by atoms with Crippen LogP contribution in [0, 0.1) is 0 Å². The molecule has 1 aromatic rings. The molecule has 0 spiro atoms. The number of amides is 3. The molecule has 4 unspecified atom stereocenters. The third-order valence-electron chi connectivity index (χ3n) is 4.96. The molecule has 3 amide bonds. The zero-order valence-corrected chi connectivity index (χ0v) is 21.7. The lowest BCUT2D eigenvalue weighted by Crippen LogP contribution is -2.58. The number of hydrogen-bond donors (Lipinski definition) is 9. The number of carbonyl (C=O) groups excluding carboxylic acids is 3. The summed E-state index contributed by atoms with van der Waals surface area (Å²) in [5.74, 6) is -2.77. The lowest BCUT2D eigenvalue weighted by molar-refractivity contribution is -0.141. The molecule has 0 saturated heterocycles. The van der Waals surface area contributed by atoms with Gasteiger partial charge in [0, 0.05) is 30.6 Å². The van der Waals surface area contributed by atoms with E-state index in [1.54, 1.807) is 0 Å². The molecular formula is C20H35N9O5S2. The van der Waals surface area contributed by atoms with Crippen LogP contribution < -0.4 is 33.2 Å². The molecule has 14 nitrogen and oxygen atoms in total. The monoisotopic (exact) mass is 545 g/mol. The van der Waals surface area contributed by atoms with Crippen molar-refractivity contribution in [2.24, 2.45) is 22.2 Å². The molecule has 0 radical (unpaired) electrons. The Morgan fingerprint density at radius 2 is 1.75 bits per heavy atom. The first kappa shape index (κ1) is 31.1. The molecular weight excluding hydrogens is 510 g/mol. The summed E-state index contributed by atoms with van der Waals surface area (Å²) >= 11 is 5.40. The van der Waals surface area contributed by atoms with E-state index in [4.69, 9.17) is 17.2 Å². The average molecular weight is 546 g/mol. The lowest BCUT2D eigenvalue weighted by atomic mass is 10.1. The number of carbonyl (C=O) groups is 4. The van der Waals surface area contributed by atoms with Crippen LogP contribution in [0.25, 0.3) is 0 Å². The molecule has 1 aromatic heterocycles. The van der Waals surface area contributed by atoms with Gasteiger partial charge in [-0.1, -0.05) is 0 Å². The van der Waals surface area contributed by atoms with E-state index in [9.17, 15) is 24.3 Å². The van der Waals surface area contributed by atoms with Gasteiger partial charge >= 0.3 is 5.97 Å². The van der Waals surface area contributed by atoms with Crippen molar-refractivity contribution in [3.8, 4) is 0 Å². The van der Waals surface area contributed by atoms with Gasteiger partial charge < -0.3 is 43.2 Å². The quantitative estimate of drug-likeness (QED) is 0.0433. The summed E-state index contributed by atoms with van der Waals surface area (Å²) in [6.45, 7) is 0.303. The number of aliphatic imine (C=N–C) groups is 1. The SMILES string of the molecule is CSCCC(NC(=O)C(Cc1cnc[nH]1)NC(=O)C(N)CCCN=C(N)N)C(=O)NC(CS)C(=O)O. The van der Waals surface area contributed by atoms with Crippen LogP contribution in [0.4, 0.5) is 0 Å². The summed E-state index contributed by atoms with van der Waals surface area (Å²) in [5, 5.41) is 16.8. The Bertz CT molecular complexity index is 881. The minimum atomic E-state index is -1.24. The second-order valence-corrected chi connectivity index (χ2v) is 9.17. The van der Waals surface area contributed by atoms with Crippen molar-refractivity contribution in [1.82, 2.24) is 25.9 Å². The Kier molecular flexibility index (Phi) is 14.4. The standard InChI is InChI=1S/C20H35N9O5S2/c1-36-6-4-13(17(31)29-15(9-35)19(33)34)27-18(32)14(7-11-8-24-10-26-11)28-16(30)12(21)3-2-5-25-20(22)23/h8,10,12-15,35H,2-7,9,21H2,1H3,(H,24,26)(H,27,32)(H,28,30)(H,29,31)(H,33,34)(H4,22,23,25). The fraction of sp³-hybridized carbons (Fsp3) is 0.600. The van der Waals surface area contributed by atoms with Crippen molar-refractivity contribution in [2.75, 3.05) is 24.3 Å². The topological polar surface area (TPSA) is 244 Å². The molecule has 202 valence electrons. The predicted molar refractivity (Wildman–Crippen MR) is 140 cm³/mol. The fourth-order valence-corrected chi connectivity index (χ4v) is 3.71. The molecule has 0 aliphatic carbocycles. The van der Waals surface area contributed by atoms with Crippen LogP contribution in [-0.2, 0) is 25.6 Å². The van der Waals surface area contributed by atoms with E-state index in [-0.39, 0.29) is 31.0 Å². The van der Waals surface area contributed by atoms with E-state index in [0.717, 1.165) is 0 Å². The van der Waals surface area contributed by atoms with Gasteiger partial charge in [0.05, 0.1) is 12.4 Å². The molecule has 0 aliphatic rings. The Labute approximate surface area is 218 Å². The molecule has 0 fully saturated rings. The number of nitrogens with zero attached hydrogens (tertiary/aromatic N) is 2. The average Bonchev–Trinajstić information content (AvgIpc) is 3.34. The van der Waals surface area contributed by atoms with Crippen molar-refractivity contribution in [2.45, 2.75) is 49.9 Å². The highest BCUT2D eigenvalue weighted by Crippen LogP contribution is 2.06. The van der Waals surface area contributed by atoms with Gasteiger partial charge in [0.2, 0.25) is 17.7 Å². The predicted octanol–water partition coefficient (Wildman–Crippen LogP) is -2.44. The maximum Gasteiger partial charge on any atom is 0.327 e. The van der Waals surface area contributed by atoms with Crippen molar-refractivity contribution in [1.29, 1.82) is 0 Å². The Hall–Kier alpha value is -2.98. The van der Waals surface area contributed by atoms with Crippen molar-refractivity contribution in [3.05, 3.63) is 18.2 Å². The van der Waals surface area contributed by atoms with Crippen molar-refractivity contribution < 1.29 is 24.3 Å². The smallest absolute Gasteiger partial charge is 0.327 e. The molecule has 0 bridgehead atoms. The van der Waals surface area contributed by atoms with Gasteiger partial charge in [-0.15, -0.1) is 0 Å². The van der Waals surface area contributed by atoms with E-state index >= 15 is 0 Å². The summed E-state index contributed by atoms with van der Waals surface area (Å²) in [4.78, 5) is 60.5. The van der Waals surface area contributed by atoms with Crippen molar-refractivity contribution >= 4 is 54.0 Å². The molecule has 1 rings (SSSR count). The molecule has 16 heteroatoms. The van der Waals surface area contributed by atoms with E-state index < -0.39 is 47.9 Å². The number of thiol groups is 1. The summed E-state index contributed by atoms with van der Waals surface area (Å²) in [6, 6.07) is -4.24. The molecule has 0 aliphatic heterocycles. The van der Waals surface area contributed by atoms with E-state index in [1.807, 2.05) is 6.26 Å². The molecule has 0 saturated carbocycles. The van der Waals surface area contributed by atoms with Gasteiger partial charge in [0.1, 0.15) is 18.1 Å². The van der Waals surface area contributed by atoms with Gasteiger partial charge in [0.25, 0.3) is 0 Å². The highest BCUT2D eigenvalue weighted by atomic mass is 32.2. The van der Waals surface area contributed by atoms with Gasteiger partial charge in [-0.3, -0.25) is 19.4 Å². The third kappa shape index (κ3) is 11.6.